The predicted octanol–water partition coefficient (Wildman–Crippen LogP) is 4.88. The normalized spacial score (nSPS) is 10.1. The highest BCUT2D eigenvalue weighted by atomic mass is 16.5. The molecule has 1 N–H and O–H groups in total. The Bertz CT molecular complexity index is 795. The van der Waals surface area contributed by atoms with Crippen molar-refractivity contribution >= 4 is 17.3 Å². The van der Waals surface area contributed by atoms with Crippen LogP contribution in [0.2, 0.25) is 0 Å². The van der Waals surface area contributed by atoms with E-state index in [-0.39, 0.29) is 5.97 Å². The summed E-state index contributed by atoms with van der Waals surface area (Å²) in [4.78, 5) is 11.5. The molecular weight excluding hydrogens is 286 g/mol. The number of esters is 1. The van der Waals surface area contributed by atoms with Gasteiger partial charge in [0.05, 0.1) is 12.7 Å². The summed E-state index contributed by atoms with van der Waals surface area (Å²) in [6.45, 7) is 0. The quantitative estimate of drug-likeness (QED) is 0.698. The van der Waals surface area contributed by atoms with Crippen LogP contribution in [0.5, 0.6) is 0 Å². The van der Waals surface area contributed by atoms with E-state index in [9.17, 15) is 4.79 Å². The van der Waals surface area contributed by atoms with Crippen LogP contribution in [0.25, 0.3) is 11.1 Å². The average molecular weight is 303 g/mol. The smallest absolute Gasteiger partial charge is 0.337 e. The fourth-order valence-electron chi connectivity index (χ4n) is 2.42. The Labute approximate surface area is 135 Å². The van der Waals surface area contributed by atoms with E-state index in [1.807, 2.05) is 48.5 Å². The molecule has 0 bridgehead atoms. The zero-order valence-electron chi connectivity index (χ0n) is 12.8. The lowest BCUT2D eigenvalue weighted by Crippen LogP contribution is -2.01. The van der Waals surface area contributed by atoms with Crippen LogP contribution in [0.3, 0.4) is 0 Å². The molecule has 114 valence electrons. The fourth-order valence-corrected chi connectivity index (χ4v) is 2.42. The summed E-state index contributed by atoms with van der Waals surface area (Å²) in [7, 11) is 1.38. The average Bonchev–Trinajstić information content (AvgIpc) is 2.63. The summed E-state index contributed by atoms with van der Waals surface area (Å²) in [5, 5.41) is 3.40. The number of hydrogen-bond acceptors (Lipinski definition) is 3. The number of hydrogen-bond donors (Lipinski definition) is 1. The van der Waals surface area contributed by atoms with Crippen molar-refractivity contribution in [3.63, 3.8) is 0 Å². The lowest BCUT2D eigenvalue weighted by molar-refractivity contribution is 0.0601. The molecule has 0 spiro atoms. The molecule has 3 aromatic carbocycles. The fraction of sp³-hybridized carbons (Fsp3) is 0.0500. The molecule has 0 aliphatic heterocycles. The van der Waals surface area contributed by atoms with Crippen LogP contribution in [0.15, 0.2) is 78.9 Å². The summed E-state index contributed by atoms with van der Waals surface area (Å²) in [6.07, 6.45) is 0. The Hall–Kier alpha value is -3.07. The molecule has 0 aromatic heterocycles. The summed E-state index contributed by atoms with van der Waals surface area (Å²) in [6, 6.07) is 25.6. The third-order valence-electron chi connectivity index (χ3n) is 3.60. The molecule has 0 radical (unpaired) electrons. The van der Waals surface area contributed by atoms with Gasteiger partial charge in [0.15, 0.2) is 0 Å². The van der Waals surface area contributed by atoms with E-state index in [2.05, 4.69) is 23.5 Å². The molecule has 23 heavy (non-hydrogen) atoms. The van der Waals surface area contributed by atoms with Crippen molar-refractivity contribution < 1.29 is 9.53 Å². The maximum atomic E-state index is 11.5. The van der Waals surface area contributed by atoms with E-state index < -0.39 is 0 Å². The molecule has 0 atom stereocenters. The number of carbonyl (C=O) groups excluding carboxylic acids is 1. The molecule has 3 heteroatoms. The highest BCUT2D eigenvalue weighted by Crippen LogP contribution is 2.30. The zero-order valence-corrected chi connectivity index (χ0v) is 12.8. The van der Waals surface area contributed by atoms with E-state index in [1.54, 1.807) is 12.1 Å². The first-order valence-electron chi connectivity index (χ1n) is 7.38. The van der Waals surface area contributed by atoms with Gasteiger partial charge in [-0.1, -0.05) is 48.5 Å². The van der Waals surface area contributed by atoms with Gasteiger partial charge in [-0.3, -0.25) is 0 Å². The van der Waals surface area contributed by atoms with Crippen LogP contribution < -0.4 is 5.32 Å². The molecule has 3 nitrogen and oxygen atoms in total. The minimum absolute atomic E-state index is 0.332. The van der Waals surface area contributed by atoms with Gasteiger partial charge in [-0.15, -0.1) is 0 Å². The summed E-state index contributed by atoms with van der Waals surface area (Å²) in [5.41, 5.74) is 4.76. The Balaban J connectivity index is 1.88. The number of methoxy groups -OCH3 is 1. The van der Waals surface area contributed by atoms with Gasteiger partial charge in [0.2, 0.25) is 0 Å². The van der Waals surface area contributed by atoms with E-state index >= 15 is 0 Å². The highest BCUT2D eigenvalue weighted by molar-refractivity contribution is 5.90. The molecule has 3 aromatic rings. The van der Waals surface area contributed by atoms with Gasteiger partial charge in [0, 0.05) is 16.9 Å². The van der Waals surface area contributed by atoms with Crippen molar-refractivity contribution in [2.24, 2.45) is 0 Å². The highest BCUT2D eigenvalue weighted by Gasteiger charge is 2.07. The predicted molar refractivity (Wildman–Crippen MR) is 92.9 cm³/mol. The van der Waals surface area contributed by atoms with E-state index in [4.69, 9.17) is 4.74 Å². The molecule has 0 fully saturated rings. The standard InChI is InChI=1S/C20H17NO2/c1-23-20(22)16-11-13-17(14-12-16)21-19-10-6-5-9-18(19)15-7-3-2-4-8-15/h2-14,21H,1H3. The Kier molecular flexibility index (Phi) is 4.39. The molecule has 0 saturated heterocycles. The van der Waals surface area contributed by atoms with Crippen LogP contribution in [0, 0.1) is 0 Å². The second kappa shape index (κ2) is 6.79. The van der Waals surface area contributed by atoms with E-state index in [1.165, 1.54) is 7.11 Å². The van der Waals surface area contributed by atoms with Crippen molar-refractivity contribution in [2.75, 3.05) is 12.4 Å². The molecule has 3 rings (SSSR count). The molecule has 0 saturated carbocycles. The van der Waals surface area contributed by atoms with Gasteiger partial charge in [0.25, 0.3) is 0 Å². The zero-order chi connectivity index (χ0) is 16.1. The van der Waals surface area contributed by atoms with Crippen molar-refractivity contribution in [3.8, 4) is 11.1 Å². The number of carbonyl (C=O) groups is 1. The van der Waals surface area contributed by atoms with Gasteiger partial charge in [-0.2, -0.15) is 0 Å². The molecular formula is C20H17NO2. The maximum absolute atomic E-state index is 11.5. The lowest BCUT2D eigenvalue weighted by Gasteiger charge is -2.12. The molecule has 0 heterocycles. The lowest BCUT2D eigenvalue weighted by atomic mass is 10.0. The van der Waals surface area contributed by atoms with Gasteiger partial charge in [-0.25, -0.2) is 4.79 Å². The topological polar surface area (TPSA) is 38.3 Å². The first-order valence-corrected chi connectivity index (χ1v) is 7.38. The monoisotopic (exact) mass is 303 g/mol. The van der Waals surface area contributed by atoms with Gasteiger partial charge < -0.3 is 10.1 Å². The Morgan fingerprint density at radius 3 is 2.17 bits per heavy atom. The van der Waals surface area contributed by atoms with Crippen LogP contribution >= 0.6 is 0 Å². The SMILES string of the molecule is COC(=O)c1ccc(Nc2ccccc2-c2ccccc2)cc1. The van der Waals surface area contributed by atoms with Gasteiger partial charge >= 0.3 is 5.97 Å². The third kappa shape index (κ3) is 3.40. The van der Waals surface area contributed by atoms with E-state index in [0.717, 1.165) is 22.5 Å². The second-order valence-electron chi connectivity index (χ2n) is 5.11. The van der Waals surface area contributed by atoms with Gasteiger partial charge in [-0.05, 0) is 35.9 Å². The first-order chi connectivity index (χ1) is 11.3. The summed E-state index contributed by atoms with van der Waals surface area (Å²) < 4.78 is 4.71. The maximum Gasteiger partial charge on any atom is 0.337 e. The van der Waals surface area contributed by atoms with Crippen LogP contribution in [0.4, 0.5) is 11.4 Å². The number of rotatable bonds is 4. The Morgan fingerprint density at radius 2 is 1.48 bits per heavy atom. The molecule has 0 aliphatic rings. The summed E-state index contributed by atoms with van der Waals surface area (Å²) in [5.74, 6) is -0.332. The van der Waals surface area contributed by atoms with Crippen molar-refractivity contribution in [1.29, 1.82) is 0 Å². The van der Waals surface area contributed by atoms with Crippen LogP contribution in [-0.4, -0.2) is 13.1 Å². The van der Waals surface area contributed by atoms with Crippen molar-refractivity contribution in [3.05, 3.63) is 84.4 Å². The Morgan fingerprint density at radius 1 is 0.826 bits per heavy atom. The molecule has 0 unspecified atom stereocenters. The first kappa shape index (κ1) is 14.9. The number of anilines is 2. The number of ether oxygens (including phenoxy) is 1. The third-order valence-corrected chi connectivity index (χ3v) is 3.60. The minimum Gasteiger partial charge on any atom is -0.465 e. The second-order valence-corrected chi connectivity index (χ2v) is 5.11. The van der Waals surface area contributed by atoms with Crippen LogP contribution in [-0.2, 0) is 4.74 Å². The van der Waals surface area contributed by atoms with Crippen molar-refractivity contribution in [1.82, 2.24) is 0 Å². The molecule has 0 aliphatic carbocycles. The van der Waals surface area contributed by atoms with Gasteiger partial charge in [0.1, 0.15) is 0 Å². The number of nitrogens with one attached hydrogen (secondary N) is 1. The minimum atomic E-state index is -0.332. The summed E-state index contributed by atoms with van der Waals surface area (Å²) >= 11 is 0. The number of para-hydroxylation sites is 1. The van der Waals surface area contributed by atoms with Crippen molar-refractivity contribution in [2.45, 2.75) is 0 Å². The van der Waals surface area contributed by atoms with Crippen LogP contribution in [0.1, 0.15) is 10.4 Å². The largest absolute Gasteiger partial charge is 0.465 e. The number of benzene rings is 3. The van der Waals surface area contributed by atoms with E-state index in [0.29, 0.717) is 5.56 Å². The molecule has 0 amide bonds.